The van der Waals surface area contributed by atoms with Crippen molar-refractivity contribution in [1.29, 1.82) is 0 Å². The molecule has 1 aliphatic heterocycles. The fraction of sp³-hybridized carbons (Fsp3) is 0.722. The van der Waals surface area contributed by atoms with Gasteiger partial charge in [-0.3, -0.25) is 14.4 Å². The topological polar surface area (TPSA) is 82.5 Å². The molecule has 8 heteroatoms. The summed E-state index contributed by atoms with van der Waals surface area (Å²) < 4.78 is 1.91. The minimum atomic E-state index is -0.0122. The van der Waals surface area contributed by atoms with Crippen molar-refractivity contribution in [2.45, 2.75) is 38.6 Å². The minimum Gasteiger partial charge on any atom is -0.355 e. The molecule has 1 atom stereocenters. The summed E-state index contributed by atoms with van der Waals surface area (Å²) in [4.78, 5) is 28.4. The number of fused-ring (bicyclic) bond motifs is 1. The van der Waals surface area contributed by atoms with E-state index in [0.29, 0.717) is 19.6 Å². The molecule has 3 amide bonds. The fourth-order valence-corrected chi connectivity index (χ4v) is 3.73. The van der Waals surface area contributed by atoms with Crippen molar-refractivity contribution in [2.75, 3.05) is 39.3 Å². The van der Waals surface area contributed by atoms with Gasteiger partial charge in [0.1, 0.15) is 0 Å². The number of urea groups is 1. The van der Waals surface area contributed by atoms with Gasteiger partial charge in [0.05, 0.1) is 18.8 Å². The largest absolute Gasteiger partial charge is 0.355 e. The van der Waals surface area contributed by atoms with E-state index < -0.39 is 0 Å². The highest BCUT2D eigenvalue weighted by atomic mass is 16.2. The quantitative estimate of drug-likeness (QED) is 0.806. The zero-order chi connectivity index (χ0) is 18.5. The average molecular weight is 362 g/mol. The third kappa shape index (κ3) is 4.35. The van der Waals surface area contributed by atoms with Crippen LogP contribution in [-0.2, 0) is 18.3 Å². The van der Waals surface area contributed by atoms with Gasteiger partial charge in [0.25, 0.3) is 0 Å². The Morgan fingerprint density at radius 1 is 1.27 bits per heavy atom. The zero-order valence-corrected chi connectivity index (χ0v) is 15.8. The second-order valence-electron chi connectivity index (χ2n) is 7.18. The molecule has 1 aromatic heterocycles. The molecular weight excluding hydrogens is 332 g/mol. The molecule has 0 spiro atoms. The minimum absolute atomic E-state index is 0.0122. The third-order valence-electron chi connectivity index (χ3n) is 5.27. The average Bonchev–Trinajstić information content (AvgIpc) is 3.03. The molecule has 1 fully saturated rings. The van der Waals surface area contributed by atoms with E-state index in [1.165, 1.54) is 5.69 Å². The van der Waals surface area contributed by atoms with Gasteiger partial charge in [-0.15, -0.1) is 0 Å². The third-order valence-corrected chi connectivity index (χ3v) is 5.27. The number of aromatic nitrogens is 2. The van der Waals surface area contributed by atoms with Crippen LogP contribution in [0.1, 0.15) is 43.5 Å². The molecule has 8 nitrogen and oxygen atoms in total. The number of hydrogen-bond acceptors (Lipinski definition) is 4. The van der Waals surface area contributed by atoms with E-state index in [-0.39, 0.29) is 18.0 Å². The first kappa shape index (κ1) is 18.7. The smallest absolute Gasteiger partial charge is 0.317 e. The summed E-state index contributed by atoms with van der Waals surface area (Å²) in [6.45, 7) is 5.94. The summed E-state index contributed by atoms with van der Waals surface area (Å²) in [5.41, 5.74) is 2.38. The van der Waals surface area contributed by atoms with Gasteiger partial charge >= 0.3 is 6.03 Å². The standard InChI is InChI=1S/C18H30N6O2/c1-3-7-19-17(25)13-23-8-10-24(11-9-23)18(26)21-15-5-4-6-16-14(15)12-20-22(16)2/h12,15H,3-11,13H2,1-2H3,(H,19,25)(H,21,26)/t15-/m1/s1. The number of carbonyl (C=O) groups is 2. The van der Waals surface area contributed by atoms with Gasteiger partial charge in [0.2, 0.25) is 5.91 Å². The SMILES string of the molecule is CCCNC(=O)CN1CCN(C(=O)N[C@@H]2CCCc3c2cnn3C)CC1. The van der Waals surface area contributed by atoms with E-state index >= 15 is 0 Å². The monoisotopic (exact) mass is 362 g/mol. The molecule has 0 radical (unpaired) electrons. The maximum absolute atomic E-state index is 12.6. The van der Waals surface area contributed by atoms with Crippen molar-refractivity contribution >= 4 is 11.9 Å². The number of nitrogens with one attached hydrogen (secondary N) is 2. The lowest BCUT2D eigenvalue weighted by molar-refractivity contribution is -0.122. The number of amides is 3. The second kappa shape index (κ2) is 8.53. The van der Waals surface area contributed by atoms with Crippen LogP contribution in [0.2, 0.25) is 0 Å². The van der Waals surface area contributed by atoms with Crippen molar-refractivity contribution in [3.05, 3.63) is 17.5 Å². The number of nitrogens with zero attached hydrogens (tertiary/aromatic N) is 4. The van der Waals surface area contributed by atoms with E-state index in [2.05, 4.69) is 20.6 Å². The molecule has 1 aliphatic carbocycles. The van der Waals surface area contributed by atoms with Crippen LogP contribution in [0.4, 0.5) is 4.79 Å². The van der Waals surface area contributed by atoms with Crippen LogP contribution in [0.25, 0.3) is 0 Å². The van der Waals surface area contributed by atoms with Crippen LogP contribution in [-0.4, -0.2) is 70.8 Å². The fourth-order valence-electron chi connectivity index (χ4n) is 3.73. The molecule has 2 N–H and O–H groups in total. The number of hydrogen-bond donors (Lipinski definition) is 2. The molecule has 2 heterocycles. The Morgan fingerprint density at radius 3 is 2.77 bits per heavy atom. The van der Waals surface area contributed by atoms with E-state index in [1.807, 2.05) is 29.7 Å². The summed E-state index contributed by atoms with van der Waals surface area (Å²) in [5.74, 6) is 0.0658. The van der Waals surface area contributed by atoms with E-state index in [4.69, 9.17) is 0 Å². The van der Waals surface area contributed by atoms with Crippen LogP contribution in [0.3, 0.4) is 0 Å². The van der Waals surface area contributed by atoms with Gasteiger partial charge in [0, 0.05) is 51.0 Å². The number of piperazine rings is 1. The molecule has 144 valence electrons. The Bertz CT molecular complexity index is 636. The summed E-state index contributed by atoms with van der Waals surface area (Å²) >= 11 is 0. The van der Waals surface area contributed by atoms with E-state index in [0.717, 1.165) is 50.9 Å². The van der Waals surface area contributed by atoms with E-state index in [1.54, 1.807) is 0 Å². The normalized spacial score (nSPS) is 20.5. The predicted molar refractivity (Wildman–Crippen MR) is 98.7 cm³/mol. The van der Waals surface area contributed by atoms with E-state index in [9.17, 15) is 9.59 Å². The highest BCUT2D eigenvalue weighted by Crippen LogP contribution is 2.29. The van der Waals surface area contributed by atoms with Crippen molar-refractivity contribution in [3.63, 3.8) is 0 Å². The molecule has 1 saturated heterocycles. The Labute approximate surface area is 154 Å². The maximum atomic E-state index is 12.6. The highest BCUT2D eigenvalue weighted by molar-refractivity contribution is 5.78. The van der Waals surface area contributed by atoms with Gasteiger partial charge in [-0.1, -0.05) is 6.92 Å². The van der Waals surface area contributed by atoms with Gasteiger partial charge in [-0.25, -0.2) is 4.79 Å². The highest BCUT2D eigenvalue weighted by Gasteiger charge is 2.28. The summed E-state index contributed by atoms with van der Waals surface area (Å²) in [5, 5.41) is 10.4. The molecule has 1 aromatic rings. The lowest BCUT2D eigenvalue weighted by Crippen LogP contribution is -2.54. The Morgan fingerprint density at radius 2 is 2.04 bits per heavy atom. The number of rotatable bonds is 5. The molecule has 0 unspecified atom stereocenters. The Hall–Kier alpha value is -2.09. The first-order valence-corrected chi connectivity index (χ1v) is 9.63. The zero-order valence-electron chi connectivity index (χ0n) is 15.8. The lowest BCUT2D eigenvalue weighted by Gasteiger charge is -2.35. The summed E-state index contributed by atoms with van der Waals surface area (Å²) in [6, 6.07) is 0.0413. The molecular formula is C18H30N6O2. The predicted octanol–water partition coefficient (Wildman–Crippen LogP) is 0.651. The Balaban J connectivity index is 1.46. The molecule has 26 heavy (non-hydrogen) atoms. The number of aryl methyl sites for hydroxylation is 1. The molecule has 0 saturated carbocycles. The van der Waals surface area contributed by atoms with Gasteiger partial charge < -0.3 is 15.5 Å². The van der Waals surface area contributed by atoms with Crippen LogP contribution in [0, 0.1) is 0 Å². The van der Waals surface area contributed by atoms with Gasteiger partial charge in [0.15, 0.2) is 0 Å². The first-order valence-electron chi connectivity index (χ1n) is 9.63. The summed E-state index contributed by atoms with van der Waals surface area (Å²) in [7, 11) is 1.96. The van der Waals surface area contributed by atoms with Crippen molar-refractivity contribution in [2.24, 2.45) is 7.05 Å². The van der Waals surface area contributed by atoms with Crippen LogP contribution < -0.4 is 10.6 Å². The molecule has 0 bridgehead atoms. The molecule has 2 aliphatic rings. The van der Waals surface area contributed by atoms with Crippen molar-refractivity contribution < 1.29 is 9.59 Å². The van der Waals surface area contributed by atoms with Crippen LogP contribution in [0.15, 0.2) is 6.20 Å². The second-order valence-corrected chi connectivity index (χ2v) is 7.18. The van der Waals surface area contributed by atoms with Gasteiger partial charge in [-0.2, -0.15) is 5.10 Å². The van der Waals surface area contributed by atoms with Gasteiger partial charge in [-0.05, 0) is 25.7 Å². The van der Waals surface area contributed by atoms with Crippen LogP contribution >= 0.6 is 0 Å². The van der Waals surface area contributed by atoms with Crippen LogP contribution in [0.5, 0.6) is 0 Å². The summed E-state index contributed by atoms with van der Waals surface area (Å²) in [6.07, 6.45) is 5.88. The number of carbonyl (C=O) groups excluding carboxylic acids is 2. The Kier molecular flexibility index (Phi) is 6.13. The first-order chi connectivity index (χ1) is 12.6. The van der Waals surface area contributed by atoms with Crippen molar-refractivity contribution in [1.82, 2.24) is 30.2 Å². The molecule has 0 aromatic carbocycles. The maximum Gasteiger partial charge on any atom is 0.317 e. The molecule has 3 rings (SSSR count). The lowest BCUT2D eigenvalue weighted by atomic mass is 9.93. The van der Waals surface area contributed by atoms with Crippen molar-refractivity contribution in [3.8, 4) is 0 Å².